The van der Waals surface area contributed by atoms with Crippen molar-refractivity contribution in [3.05, 3.63) is 54.1 Å². The molecule has 11 nitrogen and oxygen atoms in total. The molecule has 1 aromatic carbocycles. The van der Waals surface area contributed by atoms with Gasteiger partial charge in [-0.15, -0.1) is 5.10 Å². The van der Waals surface area contributed by atoms with Crippen molar-refractivity contribution in [3.8, 4) is 0 Å². The third-order valence-electron chi connectivity index (χ3n) is 8.28. The summed E-state index contributed by atoms with van der Waals surface area (Å²) in [7, 11) is 0. The molecule has 4 heterocycles. The summed E-state index contributed by atoms with van der Waals surface area (Å²) in [6.07, 6.45) is 6.32. The molecule has 2 aromatic heterocycles. The Bertz CT molecular complexity index is 1450. The second kappa shape index (κ2) is 10.9. The summed E-state index contributed by atoms with van der Waals surface area (Å²) in [4.78, 5) is 45.4. The van der Waals surface area contributed by atoms with Crippen LogP contribution >= 0.6 is 0 Å². The number of nitrogens with zero attached hydrogens (tertiary/aromatic N) is 5. The summed E-state index contributed by atoms with van der Waals surface area (Å²) in [5.74, 6) is -1.65. The van der Waals surface area contributed by atoms with E-state index < -0.39 is 17.5 Å². The second-order valence-corrected chi connectivity index (χ2v) is 11.0. The number of nitrogens with one attached hydrogen (secondary N) is 2. The number of hydrogen-bond donors (Lipinski definition) is 2. The number of aromatic nitrogens is 3. The molecule has 0 unspecified atom stereocenters. The average molecular weight is 566 g/mol. The highest BCUT2D eigenvalue weighted by Crippen LogP contribution is 2.53. The van der Waals surface area contributed by atoms with Gasteiger partial charge in [0.25, 0.3) is 0 Å². The summed E-state index contributed by atoms with van der Waals surface area (Å²) in [6.45, 7) is 2.80. The van der Waals surface area contributed by atoms with Crippen LogP contribution in [0.1, 0.15) is 49.2 Å². The maximum atomic E-state index is 13.4. The summed E-state index contributed by atoms with van der Waals surface area (Å²) in [5, 5.41) is 12.7. The Kier molecular flexibility index (Phi) is 7.10. The standard InChI is InChI=1S/C28H29F2N7O4/c29-21-3-1-18(13-22(21)30)33-27-35-34-25(41-27)24(39)32-19-2-4-23(31-16-19)36-11-7-28(8-12-36)14-17(15-28)26(40)37-9-5-20(38)6-10-37/h1-4,13,16-17H,5-12,14-15H2,(H,32,39)(H,33,35). The van der Waals surface area contributed by atoms with Crippen molar-refractivity contribution >= 4 is 40.8 Å². The van der Waals surface area contributed by atoms with Gasteiger partial charge in [0.2, 0.25) is 5.91 Å². The highest BCUT2D eigenvalue weighted by atomic mass is 19.2. The molecule has 2 saturated heterocycles. The van der Waals surface area contributed by atoms with Crippen LogP contribution in [0, 0.1) is 23.0 Å². The van der Waals surface area contributed by atoms with Gasteiger partial charge < -0.3 is 24.9 Å². The van der Waals surface area contributed by atoms with Crippen LogP contribution in [0.4, 0.5) is 32.0 Å². The van der Waals surface area contributed by atoms with Gasteiger partial charge in [-0.05, 0) is 55.4 Å². The van der Waals surface area contributed by atoms with Crippen LogP contribution in [0.2, 0.25) is 0 Å². The third kappa shape index (κ3) is 5.74. The topological polar surface area (TPSA) is 134 Å². The largest absolute Gasteiger partial charge is 0.399 e. The zero-order valence-corrected chi connectivity index (χ0v) is 22.2. The molecule has 3 fully saturated rings. The minimum atomic E-state index is -1.04. The minimum Gasteiger partial charge on any atom is -0.399 e. The molecule has 1 saturated carbocycles. The maximum Gasteiger partial charge on any atom is 0.320 e. The van der Waals surface area contributed by atoms with Crippen molar-refractivity contribution in [3.63, 3.8) is 0 Å². The van der Waals surface area contributed by atoms with Crippen LogP contribution < -0.4 is 15.5 Å². The predicted molar refractivity (Wildman–Crippen MR) is 144 cm³/mol. The minimum absolute atomic E-state index is 0.0763. The van der Waals surface area contributed by atoms with Gasteiger partial charge in [-0.25, -0.2) is 13.8 Å². The predicted octanol–water partition coefficient (Wildman–Crippen LogP) is 3.93. The fourth-order valence-corrected chi connectivity index (χ4v) is 5.91. The van der Waals surface area contributed by atoms with Gasteiger partial charge in [0, 0.05) is 56.7 Å². The second-order valence-electron chi connectivity index (χ2n) is 11.0. The molecule has 0 radical (unpaired) electrons. The molecule has 0 atom stereocenters. The fraction of sp³-hybridized carbons (Fsp3) is 0.429. The van der Waals surface area contributed by atoms with E-state index in [2.05, 4.69) is 30.7 Å². The lowest BCUT2D eigenvalue weighted by molar-refractivity contribution is -0.146. The van der Waals surface area contributed by atoms with Crippen molar-refractivity contribution in [2.45, 2.75) is 38.5 Å². The third-order valence-corrected chi connectivity index (χ3v) is 8.28. The molecular weight excluding hydrogens is 536 g/mol. The van der Waals surface area contributed by atoms with Gasteiger partial charge in [0.15, 0.2) is 11.6 Å². The Morgan fingerprint density at radius 3 is 2.37 bits per heavy atom. The first kappa shape index (κ1) is 26.8. The van der Waals surface area contributed by atoms with E-state index >= 15 is 0 Å². The molecule has 2 aliphatic heterocycles. The zero-order valence-electron chi connectivity index (χ0n) is 22.2. The smallest absolute Gasteiger partial charge is 0.320 e. The number of halogens is 2. The summed E-state index contributed by atoms with van der Waals surface area (Å²) >= 11 is 0. The molecule has 3 aliphatic rings. The van der Waals surface area contributed by atoms with E-state index in [1.807, 2.05) is 11.0 Å². The highest BCUT2D eigenvalue weighted by Gasteiger charge is 2.49. The zero-order chi connectivity index (χ0) is 28.6. The molecule has 13 heteroatoms. The number of Topliss-reactive ketones (excluding diaryl/α,β-unsaturated/α-hetero) is 1. The SMILES string of the molecule is O=C1CCN(C(=O)C2CC3(CCN(c4ccc(NC(=O)c5nnc(Nc6ccc(F)c(F)c6)o5)cn4)CC3)C2)CC1. The Morgan fingerprint density at radius 1 is 0.951 bits per heavy atom. The number of carbonyl (C=O) groups is 3. The first-order chi connectivity index (χ1) is 19.8. The van der Waals surface area contributed by atoms with E-state index in [1.165, 1.54) is 6.07 Å². The van der Waals surface area contributed by atoms with Crippen LogP contribution in [0.15, 0.2) is 40.9 Å². The molecule has 2 N–H and O–H groups in total. The Hall–Kier alpha value is -4.42. The Balaban J connectivity index is 0.973. The fourth-order valence-electron chi connectivity index (χ4n) is 5.91. The number of amides is 2. The first-order valence-corrected chi connectivity index (χ1v) is 13.7. The maximum absolute atomic E-state index is 13.4. The van der Waals surface area contributed by atoms with Crippen LogP contribution in [0.25, 0.3) is 0 Å². The number of carbonyl (C=O) groups excluding carboxylic acids is 3. The van der Waals surface area contributed by atoms with Gasteiger partial charge in [0.1, 0.15) is 11.6 Å². The molecule has 2 amide bonds. The number of rotatable bonds is 6. The van der Waals surface area contributed by atoms with Crippen LogP contribution in [0.5, 0.6) is 0 Å². The van der Waals surface area contributed by atoms with Crippen molar-refractivity contribution in [1.82, 2.24) is 20.1 Å². The average Bonchev–Trinajstić information content (AvgIpc) is 3.43. The number of anilines is 4. The van der Waals surface area contributed by atoms with Crippen molar-refractivity contribution in [2.75, 3.05) is 41.7 Å². The monoisotopic (exact) mass is 565 g/mol. The van der Waals surface area contributed by atoms with E-state index in [0.717, 1.165) is 56.7 Å². The Labute approximate surface area is 234 Å². The summed E-state index contributed by atoms with van der Waals surface area (Å²) < 4.78 is 31.8. The number of ketones is 1. The van der Waals surface area contributed by atoms with Crippen LogP contribution in [-0.2, 0) is 9.59 Å². The summed E-state index contributed by atoms with van der Waals surface area (Å²) in [6, 6.07) is 6.60. The van der Waals surface area contributed by atoms with Crippen molar-refractivity contribution < 1.29 is 27.6 Å². The molecule has 3 aromatic rings. The molecule has 1 aliphatic carbocycles. The molecule has 1 spiro atoms. The molecule has 0 bridgehead atoms. The molecular formula is C28H29F2N7O4. The van der Waals surface area contributed by atoms with Gasteiger partial charge in [-0.2, -0.15) is 0 Å². The van der Waals surface area contributed by atoms with Crippen LogP contribution in [-0.4, -0.2) is 63.9 Å². The molecule has 6 rings (SSSR count). The quantitative estimate of drug-likeness (QED) is 0.456. The summed E-state index contributed by atoms with van der Waals surface area (Å²) in [5.41, 5.74) is 0.837. The lowest BCUT2D eigenvalue weighted by Gasteiger charge is -2.52. The van der Waals surface area contributed by atoms with Crippen LogP contribution in [0.3, 0.4) is 0 Å². The first-order valence-electron chi connectivity index (χ1n) is 13.7. The number of piperidine rings is 2. The van der Waals surface area contributed by atoms with Gasteiger partial charge in [-0.3, -0.25) is 14.4 Å². The lowest BCUT2D eigenvalue weighted by atomic mass is 9.57. The van der Waals surface area contributed by atoms with Gasteiger partial charge >= 0.3 is 17.8 Å². The van der Waals surface area contributed by atoms with E-state index in [-0.39, 0.29) is 40.6 Å². The lowest BCUT2D eigenvalue weighted by Crippen LogP contribution is -2.53. The number of pyridine rings is 1. The van der Waals surface area contributed by atoms with E-state index in [9.17, 15) is 23.2 Å². The normalized spacial score (nSPS) is 18.7. The van der Waals surface area contributed by atoms with E-state index in [1.54, 1.807) is 12.3 Å². The molecule has 41 heavy (non-hydrogen) atoms. The van der Waals surface area contributed by atoms with Crippen molar-refractivity contribution in [2.24, 2.45) is 11.3 Å². The number of likely N-dealkylation sites (tertiary alicyclic amines) is 1. The van der Waals surface area contributed by atoms with Gasteiger partial charge in [0.05, 0.1) is 11.9 Å². The highest BCUT2D eigenvalue weighted by molar-refractivity contribution is 6.00. The van der Waals surface area contributed by atoms with Gasteiger partial charge in [-0.1, -0.05) is 5.10 Å². The van der Waals surface area contributed by atoms with E-state index in [4.69, 9.17) is 4.42 Å². The van der Waals surface area contributed by atoms with Crippen molar-refractivity contribution in [1.29, 1.82) is 0 Å². The number of benzene rings is 1. The number of hydrogen-bond acceptors (Lipinski definition) is 9. The molecule has 214 valence electrons. The Morgan fingerprint density at radius 2 is 1.68 bits per heavy atom. The van der Waals surface area contributed by atoms with E-state index in [0.29, 0.717) is 31.6 Å².